The van der Waals surface area contributed by atoms with Crippen molar-refractivity contribution in [2.45, 2.75) is 26.2 Å². The average molecular weight is 199 g/mol. The number of hydrogen-bond donors (Lipinski definition) is 0. The van der Waals surface area contributed by atoms with Gasteiger partial charge in [-0.25, -0.2) is 0 Å². The zero-order chi connectivity index (χ0) is 7.23. The van der Waals surface area contributed by atoms with Crippen molar-refractivity contribution < 1.29 is 19.5 Å². The van der Waals surface area contributed by atoms with Gasteiger partial charge in [-0.3, -0.25) is 0 Å². The minimum absolute atomic E-state index is 0. The smallest absolute Gasteiger partial charge is 0 e. The second kappa shape index (κ2) is 6.55. The van der Waals surface area contributed by atoms with E-state index in [0.717, 1.165) is 0 Å². The van der Waals surface area contributed by atoms with Gasteiger partial charge in [0.15, 0.2) is 0 Å². The van der Waals surface area contributed by atoms with E-state index in [1.165, 1.54) is 24.8 Å². The van der Waals surface area contributed by atoms with Crippen molar-refractivity contribution in [1.82, 2.24) is 0 Å². The zero-order valence-corrected chi connectivity index (χ0v) is 10.1. The molecule has 0 atom stereocenters. The summed E-state index contributed by atoms with van der Waals surface area (Å²) in [6, 6.07) is 11.2. The molecule has 0 nitrogen and oxygen atoms in total. The van der Waals surface area contributed by atoms with Gasteiger partial charge in [-0.2, -0.15) is 0 Å². The van der Waals surface area contributed by atoms with Crippen LogP contribution in [-0.4, -0.2) is 0 Å². The number of rotatable bonds is 3. The SMILES string of the molecule is CCCCc1cc[c]cc1.[Zn]. The summed E-state index contributed by atoms with van der Waals surface area (Å²) in [5.41, 5.74) is 1.43. The molecule has 1 heteroatoms. The first-order chi connectivity index (χ1) is 4.93. The summed E-state index contributed by atoms with van der Waals surface area (Å²) >= 11 is 0. The molecule has 0 aromatic heterocycles. The molecule has 1 radical (unpaired) electrons. The van der Waals surface area contributed by atoms with E-state index < -0.39 is 0 Å². The first kappa shape index (κ1) is 10.8. The second-order valence-corrected chi connectivity index (χ2v) is 2.51. The van der Waals surface area contributed by atoms with Gasteiger partial charge in [0.05, 0.1) is 0 Å². The molecule has 1 rings (SSSR count). The summed E-state index contributed by atoms with van der Waals surface area (Å²) in [5, 5.41) is 0. The quantitative estimate of drug-likeness (QED) is 0.656. The fourth-order valence-electron chi connectivity index (χ4n) is 0.969. The Hall–Kier alpha value is -0.157. The molecule has 0 fully saturated rings. The van der Waals surface area contributed by atoms with Crippen molar-refractivity contribution in [2.24, 2.45) is 0 Å². The maximum absolute atomic E-state index is 3.01. The van der Waals surface area contributed by atoms with E-state index in [-0.39, 0.29) is 19.5 Å². The first-order valence-electron chi connectivity index (χ1n) is 3.88. The summed E-state index contributed by atoms with van der Waals surface area (Å²) in [4.78, 5) is 0. The largest absolute Gasteiger partial charge is 0.0654 e. The molecule has 11 heavy (non-hydrogen) atoms. The van der Waals surface area contributed by atoms with Gasteiger partial charge in [0.25, 0.3) is 0 Å². The third-order valence-corrected chi connectivity index (χ3v) is 1.61. The van der Waals surface area contributed by atoms with E-state index in [9.17, 15) is 0 Å². The summed E-state index contributed by atoms with van der Waals surface area (Å²) in [5.74, 6) is 0. The minimum atomic E-state index is 0. The molecule has 1 aromatic carbocycles. The van der Waals surface area contributed by atoms with Crippen LogP contribution in [0.3, 0.4) is 0 Å². The van der Waals surface area contributed by atoms with E-state index in [0.29, 0.717) is 0 Å². The maximum atomic E-state index is 3.01. The zero-order valence-electron chi connectivity index (χ0n) is 7.14. The van der Waals surface area contributed by atoms with Crippen molar-refractivity contribution in [1.29, 1.82) is 0 Å². The van der Waals surface area contributed by atoms with Gasteiger partial charge in [-0.15, -0.1) is 0 Å². The number of benzene rings is 1. The summed E-state index contributed by atoms with van der Waals surface area (Å²) < 4.78 is 0. The van der Waals surface area contributed by atoms with E-state index in [1.54, 1.807) is 0 Å². The molecule has 0 amide bonds. The van der Waals surface area contributed by atoms with Crippen LogP contribution in [0.1, 0.15) is 25.3 Å². The minimum Gasteiger partial charge on any atom is -0.0654 e. The molecule has 0 aliphatic rings. The Balaban J connectivity index is 0.000001000. The molecular formula is C10H13Zn. The Labute approximate surface area is 81.8 Å². The van der Waals surface area contributed by atoms with Crippen LogP contribution in [0, 0.1) is 6.07 Å². The molecule has 0 spiro atoms. The van der Waals surface area contributed by atoms with E-state index in [4.69, 9.17) is 0 Å². The van der Waals surface area contributed by atoms with Crippen LogP contribution >= 0.6 is 0 Å². The van der Waals surface area contributed by atoms with E-state index in [1.807, 2.05) is 12.1 Å². The monoisotopic (exact) mass is 197 g/mol. The third-order valence-electron chi connectivity index (χ3n) is 1.61. The van der Waals surface area contributed by atoms with Crippen LogP contribution < -0.4 is 0 Å². The van der Waals surface area contributed by atoms with Crippen LogP contribution in [0.5, 0.6) is 0 Å². The van der Waals surface area contributed by atoms with Crippen LogP contribution in [0.15, 0.2) is 24.3 Å². The van der Waals surface area contributed by atoms with Crippen LogP contribution in [-0.2, 0) is 25.9 Å². The van der Waals surface area contributed by atoms with Crippen LogP contribution in [0.2, 0.25) is 0 Å². The standard InChI is InChI=1S/C10H13.Zn/c1-2-3-7-10-8-5-4-6-9-10;/h5-6,8-9H,2-3,7H2,1H3;. The molecule has 1 aromatic rings. The Morgan fingerprint density at radius 1 is 1.27 bits per heavy atom. The topological polar surface area (TPSA) is 0 Å². The van der Waals surface area contributed by atoms with Gasteiger partial charge in [0.2, 0.25) is 0 Å². The van der Waals surface area contributed by atoms with Gasteiger partial charge in [0.1, 0.15) is 0 Å². The predicted molar refractivity (Wildman–Crippen MR) is 43.9 cm³/mol. The molecule has 0 saturated heterocycles. The van der Waals surface area contributed by atoms with Crippen molar-refractivity contribution in [3.05, 3.63) is 35.9 Å². The van der Waals surface area contributed by atoms with Gasteiger partial charge < -0.3 is 0 Å². The van der Waals surface area contributed by atoms with Crippen molar-refractivity contribution in [2.75, 3.05) is 0 Å². The van der Waals surface area contributed by atoms with Crippen molar-refractivity contribution in [3.63, 3.8) is 0 Å². The molecule has 0 heterocycles. The number of aryl methyl sites for hydroxylation is 1. The fraction of sp³-hybridized carbons (Fsp3) is 0.400. The molecule has 0 N–H and O–H groups in total. The number of hydrogen-bond acceptors (Lipinski definition) is 0. The summed E-state index contributed by atoms with van der Waals surface area (Å²) in [6.07, 6.45) is 3.79. The molecule has 55 valence electrons. The molecule has 0 bridgehead atoms. The number of unbranched alkanes of at least 4 members (excludes halogenated alkanes) is 1. The molecule has 0 saturated carbocycles. The molecule has 0 aliphatic heterocycles. The van der Waals surface area contributed by atoms with Gasteiger partial charge in [-0.05, 0) is 24.5 Å². The van der Waals surface area contributed by atoms with Gasteiger partial charge in [0, 0.05) is 19.5 Å². The normalized spacial score (nSPS) is 8.82. The van der Waals surface area contributed by atoms with Crippen LogP contribution in [0.25, 0.3) is 0 Å². The Morgan fingerprint density at radius 2 is 1.91 bits per heavy atom. The predicted octanol–water partition coefficient (Wildman–Crippen LogP) is 2.83. The second-order valence-electron chi connectivity index (χ2n) is 2.51. The molecule has 0 unspecified atom stereocenters. The van der Waals surface area contributed by atoms with Gasteiger partial charge >= 0.3 is 0 Å². The van der Waals surface area contributed by atoms with Crippen molar-refractivity contribution in [3.8, 4) is 0 Å². The molecular weight excluding hydrogens is 185 g/mol. The summed E-state index contributed by atoms with van der Waals surface area (Å²) in [7, 11) is 0. The third kappa shape index (κ3) is 4.32. The Bertz CT molecular complexity index is 169. The Morgan fingerprint density at radius 3 is 2.45 bits per heavy atom. The first-order valence-corrected chi connectivity index (χ1v) is 3.88. The van der Waals surface area contributed by atoms with Crippen LogP contribution in [0.4, 0.5) is 0 Å². The molecule has 0 aliphatic carbocycles. The maximum Gasteiger partial charge on any atom is 0 e. The van der Waals surface area contributed by atoms with E-state index in [2.05, 4.69) is 25.1 Å². The van der Waals surface area contributed by atoms with E-state index >= 15 is 0 Å². The fourth-order valence-corrected chi connectivity index (χ4v) is 0.969. The summed E-state index contributed by atoms with van der Waals surface area (Å²) in [6.45, 7) is 2.22. The van der Waals surface area contributed by atoms with Gasteiger partial charge in [-0.1, -0.05) is 37.6 Å². The Kier molecular flexibility index (Phi) is 6.45. The average Bonchev–Trinajstić information content (AvgIpc) is 2.03. The van der Waals surface area contributed by atoms with Crippen molar-refractivity contribution >= 4 is 0 Å².